The number of amides is 1. The number of ketones is 1. The minimum atomic E-state index is -0.751. The molecule has 1 rings (SSSR count). The van der Waals surface area contributed by atoms with Crippen LogP contribution in [0.15, 0.2) is 6.20 Å². The molecule has 1 aromatic heterocycles. The summed E-state index contributed by atoms with van der Waals surface area (Å²) >= 11 is 5.75. The van der Waals surface area contributed by atoms with Crippen molar-refractivity contribution in [2.24, 2.45) is 0 Å². The Labute approximate surface area is 121 Å². The van der Waals surface area contributed by atoms with Gasteiger partial charge in [0.15, 0.2) is 0 Å². The third-order valence-electron chi connectivity index (χ3n) is 2.45. The highest BCUT2D eigenvalue weighted by molar-refractivity contribution is 6.43. The normalized spacial score (nSPS) is 11.1. The lowest BCUT2D eigenvalue weighted by Gasteiger charge is -2.19. The molecule has 0 unspecified atom stereocenters. The second-order valence-corrected chi connectivity index (χ2v) is 5.48. The first kappa shape index (κ1) is 16.2. The number of hydrogen-bond donors (Lipinski definition) is 2. The van der Waals surface area contributed by atoms with Crippen LogP contribution in [0.5, 0.6) is 0 Å². The van der Waals surface area contributed by atoms with Gasteiger partial charge in [-0.15, -0.1) is 11.6 Å². The highest BCUT2D eigenvalue weighted by Crippen LogP contribution is 2.18. The number of ether oxygens (including phenoxy) is 1. The third-order valence-corrected chi connectivity index (χ3v) is 2.72. The molecule has 2 N–H and O–H groups in total. The molecule has 110 valence electrons. The molecular formula is C13H17ClN2O4. The zero-order chi connectivity index (χ0) is 15.5. The van der Waals surface area contributed by atoms with Gasteiger partial charge in [0.25, 0.3) is 11.7 Å². The second-order valence-electron chi connectivity index (χ2n) is 5.21. The summed E-state index contributed by atoms with van der Waals surface area (Å²) in [5.41, 5.74) is -0.126. The molecule has 0 bridgehead atoms. The predicted octanol–water partition coefficient (Wildman–Crippen LogP) is 1.64. The summed E-state index contributed by atoms with van der Waals surface area (Å²) in [5.74, 6) is -2.23. The first-order chi connectivity index (χ1) is 9.21. The van der Waals surface area contributed by atoms with Crippen molar-refractivity contribution in [2.45, 2.75) is 32.2 Å². The summed E-state index contributed by atoms with van der Waals surface area (Å²) in [6.45, 7) is 5.28. The van der Waals surface area contributed by atoms with Gasteiger partial charge in [0.2, 0.25) is 0 Å². The van der Waals surface area contributed by atoms with E-state index in [4.69, 9.17) is 11.6 Å². The van der Waals surface area contributed by atoms with Crippen LogP contribution in [0.3, 0.4) is 0 Å². The lowest BCUT2D eigenvalue weighted by Crippen LogP contribution is -2.44. The lowest BCUT2D eigenvalue weighted by atomic mass is 10.1. The lowest BCUT2D eigenvalue weighted by molar-refractivity contribution is -0.118. The predicted molar refractivity (Wildman–Crippen MR) is 73.9 cm³/mol. The Morgan fingerprint density at radius 2 is 1.95 bits per heavy atom. The Bertz CT molecular complexity index is 543. The van der Waals surface area contributed by atoms with Crippen LogP contribution in [0.4, 0.5) is 0 Å². The van der Waals surface area contributed by atoms with Gasteiger partial charge in [-0.2, -0.15) is 0 Å². The minimum absolute atomic E-state index is 0.0714. The Morgan fingerprint density at radius 3 is 2.40 bits per heavy atom. The van der Waals surface area contributed by atoms with Crippen LogP contribution in [0.1, 0.15) is 47.2 Å². The zero-order valence-electron chi connectivity index (χ0n) is 11.8. The van der Waals surface area contributed by atoms with E-state index in [1.807, 2.05) is 0 Å². The van der Waals surface area contributed by atoms with Crippen molar-refractivity contribution in [3.63, 3.8) is 0 Å². The van der Waals surface area contributed by atoms with E-state index in [0.29, 0.717) is 0 Å². The Kier molecular flexibility index (Phi) is 4.94. The van der Waals surface area contributed by atoms with E-state index in [0.717, 1.165) is 0 Å². The highest BCUT2D eigenvalue weighted by Gasteiger charge is 2.27. The number of alkyl halides is 1. The molecular weight excluding hydrogens is 284 g/mol. The van der Waals surface area contributed by atoms with Crippen LogP contribution in [-0.4, -0.2) is 35.3 Å². The maximum absolute atomic E-state index is 12.1. The van der Waals surface area contributed by atoms with Gasteiger partial charge in [-0.3, -0.25) is 9.59 Å². The second kappa shape index (κ2) is 6.09. The van der Waals surface area contributed by atoms with E-state index in [9.17, 15) is 14.4 Å². The van der Waals surface area contributed by atoms with Crippen LogP contribution in [0.25, 0.3) is 0 Å². The van der Waals surface area contributed by atoms with Crippen LogP contribution >= 0.6 is 11.6 Å². The molecule has 0 radical (unpaired) electrons. The molecule has 0 aliphatic rings. The van der Waals surface area contributed by atoms with Gasteiger partial charge in [0, 0.05) is 17.3 Å². The summed E-state index contributed by atoms with van der Waals surface area (Å²) in [7, 11) is 1.22. The molecule has 0 saturated heterocycles. The van der Waals surface area contributed by atoms with Crippen LogP contribution < -0.4 is 5.32 Å². The fourth-order valence-corrected chi connectivity index (χ4v) is 1.88. The molecule has 0 spiro atoms. The number of methoxy groups -OCH3 is 1. The first-order valence-electron chi connectivity index (χ1n) is 5.92. The SMILES string of the molecule is COC(=O)c1[nH]cc(C(=O)C(=O)NC(C)(C)C)c1CCl. The molecule has 0 atom stereocenters. The van der Waals surface area contributed by atoms with E-state index in [1.54, 1.807) is 20.8 Å². The molecule has 0 aliphatic carbocycles. The van der Waals surface area contributed by atoms with Gasteiger partial charge in [0.1, 0.15) is 5.69 Å². The fourth-order valence-electron chi connectivity index (χ4n) is 1.60. The number of aromatic amines is 1. The molecule has 1 aromatic rings. The van der Waals surface area contributed by atoms with Crippen molar-refractivity contribution >= 4 is 29.3 Å². The Morgan fingerprint density at radius 1 is 1.35 bits per heavy atom. The number of H-pyrrole nitrogens is 1. The van der Waals surface area contributed by atoms with Gasteiger partial charge >= 0.3 is 5.97 Å². The molecule has 20 heavy (non-hydrogen) atoms. The largest absolute Gasteiger partial charge is 0.464 e. The fraction of sp³-hybridized carbons (Fsp3) is 0.462. The number of esters is 1. The number of Topliss-reactive ketones (excluding diaryl/α,β-unsaturated/α-hetero) is 1. The average molecular weight is 301 g/mol. The van der Waals surface area contributed by atoms with Gasteiger partial charge in [-0.25, -0.2) is 4.79 Å². The Hall–Kier alpha value is -1.82. The number of carbonyl (C=O) groups excluding carboxylic acids is 3. The van der Waals surface area contributed by atoms with E-state index < -0.39 is 23.2 Å². The number of hydrogen-bond acceptors (Lipinski definition) is 4. The van der Waals surface area contributed by atoms with Crippen molar-refractivity contribution < 1.29 is 19.1 Å². The molecule has 0 aliphatic heterocycles. The number of aromatic nitrogens is 1. The van der Waals surface area contributed by atoms with E-state index in [1.165, 1.54) is 13.3 Å². The van der Waals surface area contributed by atoms with E-state index in [2.05, 4.69) is 15.0 Å². The quantitative estimate of drug-likeness (QED) is 0.383. The maximum atomic E-state index is 12.1. The summed E-state index contributed by atoms with van der Waals surface area (Å²) in [4.78, 5) is 38.0. The molecule has 0 saturated carbocycles. The van der Waals surface area contributed by atoms with Gasteiger partial charge < -0.3 is 15.0 Å². The summed E-state index contributed by atoms with van der Waals surface area (Å²) in [6.07, 6.45) is 1.29. The summed E-state index contributed by atoms with van der Waals surface area (Å²) < 4.78 is 4.57. The number of carbonyl (C=O) groups is 3. The van der Waals surface area contributed by atoms with Crippen molar-refractivity contribution in [1.82, 2.24) is 10.3 Å². The smallest absolute Gasteiger partial charge is 0.354 e. The number of rotatable bonds is 4. The summed E-state index contributed by atoms with van der Waals surface area (Å²) in [6, 6.07) is 0. The molecule has 0 aromatic carbocycles. The molecule has 1 heterocycles. The van der Waals surface area contributed by atoms with Crippen molar-refractivity contribution in [2.75, 3.05) is 7.11 Å². The van der Waals surface area contributed by atoms with Crippen molar-refractivity contribution in [1.29, 1.82) is 0 Å². The third kappa shape index (κ3) is 3.60. The monoisotopic (exact) mass is 300 g/mol. The van der Waals surface area contributed by atoms with Gasteiger partial charge in [-0.05, 0) is 20.8 Å². The van der Waals surface area contributed by atoms with Crippen LogP contribution in [0.2, 0.25) is 0 Å². The van der Waals surface area contributed by atoms with Crippen molar-refractivity contribution in [3.05, 3.63) is 23.0 Å². The zero-order valence-corrected chi connectivity index (χ0v) is 12.6. The summed E-state index contributed by atoms with van der Waals surface area (Å²) in [5, 5.41) is 2.56. The van der Waals surface area contributed by atoms with E-state index in [-0.39, 0.29) is 22.7 Å². The number of nitrogens with one attached hydrogen (secondary N) is 2. The van der Waals surface area contributed by atoms with Gasteiger partial charge in [0.05, 0.1) is 18.6 Å². The highest BCUT2D eigenvalue weighted by atomic mass is 35.5. The minimum Gasteiger partial charge on any atom is -0.464 e. The van der Waals surface area contributed by atoms with Crippen LogP contribution in [0, 0.1) is 0 Å². The maximum Gasteiger partial charge on any atom is 0.354 e. The average Bonchev–Trinajstić information content (AvgIpc) is 2.78. The van der Waals surface area contributed by atoms with Crippen molar-refractivity contribution in [3.8, 4) is 0 Å². The van der Waals surface area contributed by atoms with Crippen LogP contribution in [-0.2, 0) is 15.4 Å². The topological polar surface area (TPSA) is 88.3 Å². The number of halogens is 1. The molecule has 6 nitrogen and oxygen atoms in total. The standard InChI is InChI=1S/C13H17ClN2O4/c1-13(2,3)16-11(18)10(17)8-6-15-9(7(8)5-14)12(19)20-4/h6,15H,5H2,1-4H3,(H,16,18). The Balaban J connectivity index is 3.08. The molecule has 7 heteroatoms. The first-order valence-corrected chi connectivity index (χ1v) is 6.46. The van der Waals surface area contributed by atoms with Gasteiger partial charge in [-0.1, -0.05) is 0 Å². The van der Waals surface area contributed by atoms with E-state index >= 15 is 0 Å². The molecule has 1 amide bonds. The molecule has 0 fully saturated rings.